The summed E-state index contributed by atoms with van der Waals surface area (Å²) in [7, 11) is 0. The highest BCUT2D eigenvalue weighted by atomic mass is 16.5. The lowest BCUT2D eigenvalue weighted by atomic mass is 10.0. The zero-order chi connectivity index (χ0) is 13.8. The summed E-state index contributed by atoms with van der Waals surface area (Å²) in [5.74, 6) is 0.814. The molecule has 2 aromatic rings. The van der Waals surface area contributed by atoms with E-state index >= 15 is 0 Å². The molecule has 0 bridgehead atoms. The van der Waals surface area contributed by atoms with Crippen molar-refractivity contribution in [1.29, 1.82) is 0 Å². The SMILES string of the molecule is CC(=O)c1ccc(OC(C)C)c(-c2cccnc2)c1. The molecule has 98 valence electrons. The van der Waals surface area contributed by atoms with Crippen molar-refractivity contribution in [2.45, 2.75) is 26.9 Å². The van der Waals surface area contributed by atoms with Gasteiger partial charge in [0.2, 0.25) is 0 Å². The van der Waals surface area contributed by atoms with Crippen LogP contribution in [0, 0.1) is 0 Å². The molecule has 0 aliphatic rings. The monoisotopic (exact) mass is 255 g/mol. The molecule has 3 nitrogen and oxygen atoms in total. The fraction of sp³-hybridized carbons (Fsp3) is 0.250. The van der Waals surface area contributed by atoms with Gasteiger partial charge in [-0.1, -0.05) is 6.07 Å². The largest absolute Gasteiger partial charge is 0.490 e. The molecule has 0 saturated heterocycles. The van der Waals surface area contributed by atoms with E-state index in [9.17, 15) is 4.79 Å². The van der Waals surface area contributed by atoms with E-state index in [1.54, 1.807) is 25.4 Å². The molecule has 3 heteroatoms. The van der Waals surface area contributed by atoms with Crippen LogP contribution < -0.4 is 4.74 Å². The van der Waals surface area contributed by atoms with Crippen molar-refractivity contribution in [2.24, 2.45) is 0 Å². The molecule has 0 unspecified atom stereocenters. The number of Topliss-reactive ketones (excluding diaryl/α,β-unsaturated/α-hetero) is 1. The van der Waals surface area contributed by atoms with Gasteiger partial charge in [-0.25, -0.2) is 0 Å². The highest BCUT2D eigenvalue weighted by Crippen LogP contribution is 2.31. The van der Waals surface area contributed by atoms with Crippen LogP contribution in [-0.4, -0.2) is 16.9 Å². The first-order valence-corrected chi connectivity index (χ1v) is 6.30. The molecule has 2 rings (SSSR count). The van der Waals surface area contributed by atoms with Crippen molar-refractivity contribution < 1.29 is 9.53 Å². The lowest BCUT2D eigenvalue weighted by molar-refractivity contribution is 0.101. The maximum absolute atomic E-state index is 11.5. The second-order valence-electron chi connectivity index (χ2n) is 4.68. The number of hydrogen-bond acceptors (Lipinski definition) is 3. The lowest BCUT2D eigenvalue weighted by Gasteiger charge is -2.15. The Bertz CT molecular complexity index is 577. The molecule has 1 aromatic carbocycles. The molecular formula is C16H17NO2. The van der Waals surface area contributed by atoms with Gasteiger partial charge in [-0.05, 0) is 45.0 Å². The van der Waals surface area contributed by atoms with Crippen molar-refractivity contribution in [3.8, 4) is 16.9 Å². The summed E-state index contributed by atoms with van der Waals surface area (Å²) in [4.78, 5) is 15.6. The fourth-order valence-corrected chi connectivity index (χ4v) is 1.85. The minimum absolute atomic E-state index is 0.0428. The zero-order valence-electron chi connectivity index (χ0n) is 11.4. The normalized spacial score (nSPS) is 10.5. The van der Waals surface area contributed by atoms with Gasteiger partial charge in [-0.2, -0.15) is 0 Å². The van der Waals surface area contributed by atoms with Crippen LogP contribution in [0.4, 0.5) is 0 Å². The molecule has 1 heterocycles. The van der Waals surface area contributed by atoms with Crippen LogP contribution in [0.15, 0.2) is 42.7 Å². The third kappa shape index (κ3) is 3.19. The Morgan fingerprint density at radius 1 is 1.26 bits per heavy atom. The van der Waals surface area contributed by atoms with Crippen LogP contribution in [0.2, 0.25) is 0 Å². The topological polar surface area (TPSA) is 39.2 Å². The third-order valence-electron chi connectivity index (χ3n) is 2.72. The minimum Gasteiger partial charge on any atom is -0.490 e. The molecule has 0 aliphatic carbocycles. The first-order chi connectivity index (χ1) is 9.08. The van der Waals surface area contributed by atoms with Crippen molar-refractivity contribution in [3.05, 3.63) is 48.3 Å². The van der Waals surface area contributed by atoms with Gasteiger partial charge in [0.1, 0.15) is 5.75 Å². The second-order valence-corrected chi connectivity index (χ2v) is 4.68. The summed E-state index contributed by atoms with van der Waals surface area (Å²) < 4.78 is 5.80. The number of ketones is 1. The van der Waals surface area contributed by atoms with Crippen molar-refractivity contribution >= 4 is 5.78 Å². The summed E-state index contributed by atoms with van der Waals surface area (Å²) >= 11 is 0. The highest BCUT2D eigenvalue weighted by Gasteiger charge is 2.11. The number of benzene rings is 1. The van der Waals surface area contributed by atoms with Gasteiger partial charge in [0.25, 0.3) is 0 Å². The Labute approximate surface area is 113 Å². The van der Waals surface area contributed by atoms with Crippen LogP contribution in [0.3, 0.4) is 0 Å². The zero-order valence-corrected chi connectivity index (χ0v) is 11.4. The quantitative estimate of drug-likeness (QED) is 0.781. The molecule has 0 saturated carbocycles. The smallest absolute Gasteiger partial charge is 0.159 e. The van der Waals surface area contributed by atoms with Crippen molar-refractivity contribution in [1.82, 2.24) is 4.98 Å². The molecule has 0 radical (unpaired) electrons. The Kier molecular flexibility index (Phi) is 3.95. The molecule has 1 aromatic heterocycles. The third-order valence-corrected chi connectivity index (χ3v) is 2.72. The van der Waals surface area contributed by atoms with E-state index in [1.807, 2.05) is 38.1 Å². The molecular weight excluding hydrogens is 238 g/mol. The Morgan fingerprint density at radius 3 is 2.63 bits per heavy atom. The van der Waals surface area contributed by atoms with Gasteiger partial charge >= 0.3 is 0 Å². The predicted octanol–water partition coefficient (Wildman–Crippen LogP) is 3.74. The summed E-state index contributed by atoms with van der Waals surface area (Å²) in [5.41, 5.74) is 2.52. The number of carbonyl (C=O) groups is 1. The minimum atomic E-state index is 0.0428. The van der Waals surface area contributed by atoms with Gasteiger partial charge in [-0.15, -0.1) is 0 Å². The van der Waals surface area contributed by atoms with Crippen LogP contribution in [0.5, 0.6) is 5.75 Å². The van der Waals surface area contributed by atoms with E-state index in [1.165, 1.54) is 0 Å². The fourth-order valence-electron chi connectivity index (χ4n) is 1.85. The molecule has 0 N–H and O–H groups in total. The Balaban J connectivity index is 2.53. The van der Waals surface area contributed by atoms with E-state index < -0.39 is 0 Å². The number of pyridine rings is 1. The molecule has 0 amide bonds. The van der Waals surface area contributed by atoms with Crippen LogP contribution in [0.25, 0.3) is 11.1 Å². The molecule has 0 atom stereocenters. The summed E-state index contributed by atoms with van der Waals surface area (Å²) in [5, 5.41) is 0. The second kappa shape index (κ2) is 5.65. The van der Waals surface area contributed by atoms with Gasteiger partial charge < -0.3 is 4.74 Å². The van der Waals surface area contributed by atoms with Gasteiger partial charge in [0, 0.05) is 29.1 Å². The number of rotatable bonds is 4. The van der Waals surface area contributed by atoms with Gasteiger partial charge in [0.05, 0.1) is 6.10 Å². The molecule has 0 fully saturated rings. The molecule has 19 heavy (non-hydrogen) atoms. The van der Waals surface area contributed by atoms with E-state index in [0.717, 1.165) is 16.9 Å². The number of ether oxygens (including phenoxy) is 1. The van der Waals surface area contributed by atoms with Crippen molar-refractivity contribution in [2.75, 3.05) is 0 Å². The highest BCUT2D eigenvalue weighted by molar-refractivity contribution is 5.96. The maximum Gasteiger partial charge on any atom is 0.159 e. The maximum atomic E-state index is 11.5. The van der Waals surface area contributed by atoms with E-state index in [4.69, 9.17) is 4.74 Å². The average molecular weight is 255 g/mol. The van der Waals surface area contributed by atoms with Crippen LogP contribution >= 0.6 is 0 Å². The van der Waals surface area contributed by atoms with E-state index in [2.05, 4.69) is 4.98 Å². The number of aromatic nitrogens is 1. The predicted molar refractivity (Wildman–Crippen MR) is 75.4 cm³/mol. The first-order valence-electron chi connectivity index (χ1n) is 6.30. The molecule has 0 aliphatic heterocycles. The summed E-state index contributed by atoms with van der Waals surface area (Å²) in [6.07, 6.45) is 3.58. The average Bonchev–Trinajstić information content (AvgIpc) is 2.39. The van der Waals surface area contributed by atoms with E-state index in [-0.39, 0.29) is 11.9 Å². The van der Waals surface area contributed by atoms with Gasteiger partial charge in [-0.3, -0.25) is 9.78 Å². The van der Waals surface area contributed by atoms with Crippen molar-refractivity contribution in [3.63, 3.8) is 0 Å². The summed E-state index contributed by atoms with van der Waals surface area (Å²) in [6, 6.07) is 9.32. The number of nitrogens with zero attached hydrogens (tertiary/aromatic N) is 1. The van der Waals surface area contributed by atoms with Gasteiger partial charge in [0.15, 0.2) is 5.78 Å². The number of hydrogen-bond donors (Lipinski definition) is 0. The first kappa shape index (κ1) is 13.3. The Hall–Kier alpha value is -2.16. The standard InChI is InChI=1S/C16H17NO2/c1-11(2)19-16-7-6-13(12(3)18)9-15(16)14-5-4-8-17-10-14/h4-11H,1-3H3. The molecule has 0 spiro atoms. The summed E-state index contributed by atoms with van der Waals surface area (Å²) in [6.45, 7) is 5.52. The van der Waals surface area contributed by atoms with Crippen LogP contribution in [-0.2, 0) is 0 Å². The lowest BCUT2D eigenvalue weighted by Crippen LogP contribution is -2.07. The van der Waals surface area contributed by atoms with E-state index in [0.29, 0.717) is 5.56 Å². The number of carbonyl (C=O) groups excluding carboxylic acids is 1. The Morgan fingerprint density at radius 2 is 2.05 bits per heavy atom. The van der Waals surface area contributed by atoms with Crippen LogP contribution in [0.1, 0.15) is 31.1 Å².